The van der Waals surface area contributed by atoms with Crippen molar-refractivity contribution in [3.05, 3.63) is 0 Å². The summed E-state index contributed by atoms with van der Waals surface area (Å²) in [6.07, 6.45) is 0. The lowest BCUT2D eigenvalue weighted by Crippen LogP contribution is -2.16. The van der Waals surface area contributed by atoms with Crippen LogP contribution in [0.5, 0.6) is 0 Å². The molecule has 0 N–H and O–H groups in total. The average molecular weight is 211 g/mol. The Balaban J connectivity index is 3.33. The molecule has 0 saturated heterocycles. The summed E-state index contributed by atoms with van der Waals surface area (Å²) in [5, 5.41) is 1.10. The monoisotopic (exact) mass is 210 g/mol. The van der Waals surface area contributed by atoms with E-state index in [1.807, 2.05) is 11.8 Å². The number of hydrogen-bond donors (Lipinski definition) is 0. The van der Waals surface area contributed by atoms with Crippen molar-refractivity contribution in [1.29, 1.82) is 0 Å². The van der Waals surface area contributed by atoms with E-state index in [9.17, 15) is 0 Å². The molecule has 0 spiro atoms. The topological polar surface area (TPSA) is 0 Å². The van der Waals surface area contributed by atoms with Crippen LogP contribution in [0.3, 0.4) is 0 Å². The molecular formula is C7H15BrS. The van der Waals surface area contributed by atoms with E-state index in [0.717, 1.165) is 5.33 Å². The molecule has 0 aromatic carbocycles. The molecule has 0 rings (SSSR count). The summed E-state index contributed by atoms with van der Waals surface area (Å²) in [6, 6.07) is 0. The fraction of sp³-hybridized carbons (Fsp3) is 1.00. The van der Waals surface area contributed by atoms with Crippen LogP contribution >= 0.6 is 27.7 Å². The van der Waals surface area contributed by atoms with E-state index in [1.54, 1.807) is 0 Å². The van der Waals surface area contributed by atoms with Crippen molar-refractivity contribution in [2.24, 2.45) is 5.41 Å². The molecule has 9 heavy (non-hydrogen) atoms. The number of rotatable bonds is 4. The Hall–Kier alpha value is 0.830. The third kappa shape index (κ3) is 5.28. The van der Waals surface area contributed by atoms with Crippen LogP contribution in [0.15, 0.2) is 0 Å². The molecule has 0 aliphatic carbocycles. The SMILES string of the molecule is CCSCC(C)(C)CBr. The summed E-state index contributed by atoms with van der Waals surface area (Å²) >= 11 is 5.50. The van der Waals surface area contributed by atoms with Crippen molar-refractivity contribution >= 4 is 27.7 Å². The molecule has 0 saturated carbocycles. The van der Waals surface area contributed by atoms with Crippen LogP contribution in [-0.4, -0.2) is 16.8 Å². The first-order valence-corrected chi connectivity index (χ1v) is 5.53. The van der Waals surface area contributed by atoms with E-state index in [1.165, 1.54) is 11.5 Å². The summed E-state index contributed by atoms with van der Waals surface area (Å²) in [6.45, 7) is 6.77. The zero-order valence-corrected chi connectivity index (χ0v) is 8.81. The molecule has 0 atom stereocenters. The Morgan fingerprint density at radius 1 is 1.44 bits per heavy atom. The van der Waals surface area contributed by atoms with Gasteiger partial charge in [0.05, 0.1) is 0 Å². The minimum Gasteiger partial charge on any atom is -0.162 e. The van der Waals surface area contributed by atoms with Crippen molar-refractivity contribution in [3.8, 4) is 0 Å². The lowest BCUT2D eigenvalue weighted by Gasteiger charge is -2.19. The van der Waals surface area contributed by atoms with Crippen LogP contribution in [0.25, 0.3) is 0 Å². The normalized spacial score (nSPS) is 12.0. The Morgan fingerprint density at radius 2 is 2.00 bits per heavy atom. The molecule has 0 bridgehead atoms. The van der Waals surface area contributed by atoms with Gasteiger partial charge in [-0.3, -0.25) is 0 Å². The third-order valence-electron chi connectivity index (χ3n) is 1.06. The van der Waals surface area contributed by atoms with Crippen molar-refractivity contribution < 1.29 is 0 Å². The Labute approximate surface area is 70.9 Å². The zero-order chi connectivity index (χ0) is 7.33. The van der Waals surface area contributed by atoms with Crippen LogP contribution in [0, 0.1) is 5.41 Å². The quantitative estimate of drug-likeness (QED) is 0.643. The van der Waals surface area contributed by atoms with Crippen LogP contribution in [0.2, 0.25) is 0 Å². The predicted octanol–water partition coefficient (Wildman–Crippen LogP) is 3.16. The fourth-order valence-electron chi connectivity index (χ4n) is 0.417. The van der Waals surface area contributed by atoms with Gasteiger partial charge in [-0.15, -0.1) is 0 Å². The largest absolute Gasteiger partial charge is 0.162 e. The highest BCUT2D eigenvalue weighted by Gasteiger charge is 2.14. The van der Waals surface area contributed by atoms with Gasteiger partial charge in [-0.1, -0.05) is 36.7 Å². The first-order chi connectivity index (χ1) is 4.12. The Kier molecular flexibility index (Phi) is 5.04. The van der Waals surface area contributed by atoms with Crippen molar-refractivity contribution in [3.63, 3.8) is 0 Å². The second-order valence-electron chi connectivity index (χ2n) is 2.93. The van der Waals surface area contributed by atoms with Crippen molar-refractivity contribution in [1.82, 2.24) is 0 Å². The Bertz CT molecular complexity index is 71.3. The minimum atomic E-state index is 0.473. The van der Waals surface area contributed by atoms with Crippen LogP contribution in [0.4, 0.5) is 0 Å². The standard InChI is InChI=1S/C7H15BrS/c1-4-9-6-7(2,3)5-8/h4-6H2,1-3H3. The summed E-state index contributed by atoms with van der Waals surface area (Å²) in [7, 11) is 0. The number of thioether (sulfide) groups is 1. The number of hydrogen-bond acceptors (Lipinski definition) is 1. The highest BCUT2D eigenvalue weighted by molar-refractivity contribution is 9.09. The van der Waals surface area contributed by atoms with Gasteiger partial charge in [0.15, 0.2) is 0 Å². The lowest BCUT2D eigenvalue weighted by atomic mass is 10.0. The van der Waals surface area contributed by atoms with Gasteiger partial charge in [-0.2, -0.15) is 11.8 Å². The maximum Gasteiger partial charge on any atom is 0.00905 e. The molecule has 0 aromatic rings. The molecule has 2 heteroatoms. The van der Waals surface area contributed by atoms with Gasteiger partial charge in [0.25, 0.3) is 0 Å². The van der Waals surface area contributed by atoms with Gasteiger partial charge in [0.1, 0.15) is 0 Å². The maximum absolute atomic E-state index is 3.49. The van der Waals surface area contributed by atoms with E-state index < -0.39 is 0 Å². The lowest BCUT2D eigenvalue weighted by molar-refractivity contribution is 0.496. The molecule has 0 nitrogen and oxygen atoms in total. The third-order valence-corrected chi connectivity index (χ3v) is 3.97. The van der Waals surface area contributed by atoms with E-state index >= 15 is 0 Å². The van der Waals surface area contributed by atoms with Gasteiger partial charge in [-0.05, 0) is 16.9 Å². The van der Waals surface area contributed by atoms with E-state index in [4.69, 9.17) is 0 Å². The van der Waals surface area contributed by atoms with Gasteiger partial charge >= 0.3 is 0 Å². The highest BCUT2D eigenvalue weighted by atomic mass is 79.9. The average Bonchev–Trinajstić information content (AvgIpc) is 1.84. The van der Waals surface area contributed by atoms with E-state index in [0.29, 0.717) is 5.41 Å². The second kappa shape index (κ2) is 4.62. The van der Waals surface area contributed by atoms with Crippen LogP contribution in [-0.2, 0) is 0 Å². The zero-order valence-electron chi connectivity index (χ0n) is 6.41. The summed E-state index contributed by atoms with van der Waals surface area (Å²) in [4.78, 5) is 0. The van der Waals surface area contributed by atoms with E-state index in [2.05, 4.69) is 36.7 Å². The Morgan fingerprint density at radius 3 is 2.33 bits per heavy atom. The van der Waals surface area contributed by atoms with Crippen molar-refractivity contribution in [2.45, 2.75) is 20.8 Å². The van der Waals surface area contributed by atoms with Gasteiger partial charge < -0.3 is 0 Å². The molecule has 56 valence electrons. The van der Waals surface area contributed by atoms with Crippen LogP contribution < -0.4 is 0 Å². The van der Waals surface area contributed by atoms with Gasteiger partial charge in [0, 0.05) is 5.33 Å². The molecule has 0 aliphatic rings. The molecule has 0 heterocycles. The minimum absolute atomic E-state index is 0.473. The number of alkyl halides is 1. The molecule has 0 amide bonds. The van der Waals surface area contributed by atoms with E-state index in [-0.39, 0.29) is 0 Å². The molecule has 0 radical (unpaired) electrons. The second-order valence-corrected chi connectivity index (χ2v) is 4.77. The summed E-state index contributed by atoms with van der Waals surface area (Å²) in [5.74, 6) is 2.49. The predicted molar refractivity (Wildman–Crippen MR) is 50.6 cm³/mol. The molecule has 0 aromatic heterocycles. The first kappa shape index (κ1) is 9.83. The van der Waals surface area contributed by atoms with Crippen LogP contribution in [0.1, 0.15) is 20.8 Å². The molecule has 0 aliphatic heterocycles. The smallest absolute Gasteiger partial charge is 0.00905 e. The fourth-order valence-corrected chi connectivity index (χ4v) is 1.74. The summed E-state index contributed by atoms with van der Waals surface area (Å²) < 4.78 is 0. The first-order valence-electron chi connectivity index (χ1n) is 3.26. The summed E-state index contributed by atoms with van der Waals surface area (Å²) in [5.41, 5.74) is 0.473. The van der Waals surface area contributed by atoms with Crippen molar-refractivity contribution in [2.75, 3.05) is 16.8 Å². The highest BCUT2D eigenvalue weighted by Crippen LogP contribution is 2.23. The molecular weight excluding hydrogens is 196 g/mol. The maximum atomic E-state index is 3.49. The van der Waals surface area contributed by atoms with Gasteiger partial charge in [0.2, 0.25) is 0 Å². The number of halogens is 1. The molecule has 0 fully saturated rings. The van der Waals surface area contributed by atoms with Gasteiger partial charge in [-0.25, -0.2) is 0 Å². The molecule has 0 unspecified atom stereocenters.